The Morgan fingerprint density at radius 2 is 1.82 bits per heavy atom. The fourth-order valence-electron chi connectivity index (χ4n) is 5.14. The largest absolute Gasteiger partial charge is 0.481 e. The number of benzene rings is 2. The van der Waals surface area contributed by atoms with Crippen LogP contribution in [0.15, 0.2) is 42.5 Å². The zero-order chi connectivity index (χ0) is 32.2. The summed E-state index contributed by atoms with van der Waals surface area (Å²) in [6, 6.07) is 6.31. The minimum absolute atomic E-state index is 0.00825. The number of unbranched alkanes of at least 4 members (excludes halogenated alkanes) is 1. The summed E-state index contributed by atoms with van der Waals surface area (Å²) < 4.78 is 59.8. The van der Waals surface area contributed by atoms with Crippen LogP contribution in [0.25, 0.3) is 0 Å². The third kappa shape index (κ3) is 7.09. The van der Waals surface area contributed by atoms with E-state index in [1.165, 1.54) is 24.3 Å². The monoisotopic (exact) mass is 622 g/mol. The second-order valence-electron chi connectivity index (χ2n) is 10.6. The Labute approximate surface area is 249 Å². The standard InChI is InChI=1S/C29H30F4N4O7/c1-17(29(31,32)33)36(15-18-5-7-20(30)8-6-18)23(38)16-37-25(41)28(44-27(37)43)12-11-19-14-21(9-10-22(19)28)35-26(42)34-13-3-2-4-24(39)40/h5-10,14,17H,2-4,11-13,15-16H2,1H3,(H,39,40)(H2,34,35,42)/t17-,28+/m0/s1. The number of nitrogens with one attached hydrogen (secondary N) is 2. The highest BCUT2D eigenvalue weighted by Crippen LogP contribution is 2.46. The van der Waals surface area contributed by atoms with Gasteiger partial charge in [-0.2, -0.15) is 13.2 Å². The van der Waals surface area contributed by atoms with E-state index in [0.717, 1.165) is 19.1 Å². The minimum atomic E-state index is -4.82. The molecule has 0 bridgehead atoms. The third-order valence-electron chi connectivity index (χ3n) is 7.54. The van der Waals surface area contributed by atoms with E-state index in [2.05, 4.69) is 10.6 Å². The van der Waals surface area contributed by atoms with Crippen molar-refractivity contribution in [1.82, 2.24) is 15.1 Å². The van der Waals surface area contributed by atoms with E-state index in [-0.39, 0.29) is 31.4 Å². The highest BCUT2D eigenvalue weighted by Gasteiger charge is 2.58. The number of aryl methyl sites for hydroxylation is 1. The molecule has 0 aromatic heterocycles. The van der Waals surface area contributed by atoms with Gasteiger partial charge in [0.05, 0.1) is 0 Å². The van der Waals surface area contributed by atoms with E-state index in [4.69, 9.17) is 9.84 Å². The number of amides is 5. The Kier molecular flexibility index (Phi) is 9.44. The lowest BCUT2D eigenvalue weighted by molar-refractivity contribution is -0.187. The molecule has 2 aromatic rings. The summed E-state index contributed by atoms with van der Waals surface area (Å²) in [5.41, 5.74) is -0.261. The van der Waals surface area contributed by atoms with Crippen molar-refractivity contribution in [3.63, 3.8) is 0 Å². The van der Waals surface area contributed by atoms with Crippen LogP contribution in [0.4, 0.5) is 32.8 Å². The van der Waals surface area contributed by atoms with E-state index >= 15 is 0 Å². The molecule has 1 spiro atoms. The summed E-state index contributed by atoms with van der Waals surface area (Å²) in [4.78, 5) is 63.2. The number of halogens is 4. The number of hydrogen-bond donors (Lipinski definition) is 3. The normalized spacial score (nSPS) is 18.2. The average molecular weight is 623 g/mol. The van der Waals surface area contributed by atoms with Crippen LogP contribution in [0.1, 0.15) is 49.3 Å². The summed E-state index contributed by atoms with van der Waals surface area (Å²) in [7, 11) is 0. The van der Waals surface area contributed by atoms with Gasteiger partial charge in [0.1, 0.15) is 18.4 Å². The molecule has 1 aliphatic carbocycles. The SMILES string of the molecule is C[C@H](N(Cc1ccc(F)cc1)C(=O)CN1C(=O)O[C@@]2(CCc3cc(NC(=O)NCCCCC(=O)O)ccc32)C1=O)C(F)(F)F. The molecule has 2 aliphatic rings. The van der Waals surface area contributed by atoms with Gasteiger partial charge in [0.25, 0.3) is 5.91 Å². The van der Waals surface area contributed by atoms with Gasteiger partial charge in [0.15, 0.2) is 0 Å². The number of nitrogens with zero attached hydrogens (tertiary/aromatic N) is 2. The second kappa shape index (κ2) is 12.9. The Bertz CT molecular complexity index is 1450. The summed E-state index contributed by atoms with van der Waals surface area (Å²) in [5.74, 6) is -3.59. The number of carbonyl (C=O) groups excluding carboxylic acids is 4. The van der Waals surface area contributed by atoms with E-state index in [1.54, 1.807) is 6.07 Å². The fraction of sp³-hybridized carbons (Fsp3) is 0.414. The molecule has 2 aromatic carbocycles. The molecular formula is C29H30F4N4O7. The summed E-state index contributed by atoms with van der Waals surface area (Å²) in [6.07, 6.45) is -4.84. The van der Waals surface area contributed by atoms with Crippen LogP contribution in [-0.2, 0) is 37.7 Å². The maximum atomic E-state index is 13.7. The molecule has 2 atom stereocenters. The van der Waals surface area contributed by atoms with Crippen molar-refractivity contribution in [1.29, 1.82) is 0 Å². The number of alkyl halides is 3. The number of carboxylic acid groups (broad SMARTS) is 1. The van der Waals surface area contributed by atoms with Crippen LogP contribution in [0.2, 0.25) is 0 Å². The first-order valence-corrected chi connectivity index (χ1v) is 13.8. The van der Waals surface area contributed by atoms with E-state index in [0.29, 0.717) is 39.5 Å². The van der Waals surface area contributed by atoms with Gasteiger partial charge in [0, 0.05) is 37.2 Å². The predicted molar refractivity (Wildman–Crippen MR) is 146 cm³/mol. The molecule has 1 fully saturated rings. The molecule has 236 valence electrons. The first-order valence-electron chi connectivity index (χ1n) is 13.8. The van der Waals surface area contributed by atoms with Crippen molar-refractivity contribution in [3.05, 3.63) is 65.0 Å². The van der Waals surface area contributed by atoms with Crippen molar-refractivity contribution in [2.75, 3.05) is 18.4 Å². The van der Waals surface area contributed by atoms with Gasteiger partial charge in [0.2, 0.25) is 11.5 Å². The van der Waals surface area contributed by atoms with Gasteiger partial charge >= 0.3 is 24.3 Å². The molecule has 1 aliphatic heterocycles. The first-order chi connectivity index (χ1) is 20.7. The Morgan fingerprint density at radius 1 is 1.11 bits per heavy atom. The number of imide groups is 1. The van der Waals surface area contributed by atoms with Gasteiger partial charge in [-0.25, -0.2) is 18.9 Å². The molecule has 0 unspecified atom stereocenters. The number of carboxylic acids is 1. The van der Waals surface area contributed by atoms with E-state index in [9.17, 15) is 41.5 Å². The van der Waals surface area contributed by atoms with Crippen LogP contribution >= 0.6 is 0 Å². The Morgan fingerprint density at radius 3 is 2.48 bits per heavy atom. The van der Waals surface area contributed by atoms with Gasteiger partial charge < -0.3 is 25.4 Å². The molecule has 11 nitrogen and oxygen atoms in total. The molecule has 15 heteroatoms. The summed E-state index contributed by atoms with van der Waals surface area (Å²) in [5, 5.41) is 13.9. The number of hydrogen-bond acceptors (Lipinski definition) is 6. The van der Waals surface area contributed by atoms with Crippen molar-refractivity contribution in [2.45, 2.75) is 63.4 Å². The zero-order valence-electron chi connectivity index (χ0n) is 23.6. The maximum absolute atomic E-state index is 13.7. The van der Waals surface area contributed by atoms with Crippen LogP contribution in [0, 0.1) is 5.82 Å². The van der Waals surface area contributed by atoms with Crippen LogP contribution in [0.5, 0.6) is 0 Å². The number of fused-ring (bicyclic) bond motifs is 2. The lowest BCUT2D eigenvalue weighted by Crippen LogP contribution is -2.51. The van der Waals surface area contributed by atoms with Crippen LogP contribution < -0.4 is 10.6 Å². The summed E-state index contributed by atoms with van der Waals surface area (Å²) in [6.45, 7) is -0.514. The van der Waals surface area contributed by atoms with Crippen molar-refractivity contribution in [2.24, 2.45) is 0 Å². The lowest BCUT2D eigenvalue weighted by Gasteiger charge is -2.31. The molecular weight excluding hydrogens is 592 g/mol. The maximum Gasteiger partial charge on any atom is 0.418 e. The van der Waals surface area contributed by atoms with Crippen LogP contribution in [-0.4, -0.2) is 70.1 Å². The van der Waals surface area contributed by atoms with Crippen LogP contribution in [0.3, 0.4) is 0 Å². The molecule has 44 heavy (non-hydrogen) atoms. The fourth-order valence-corrected chi connectivity index (χ4v) is 5.14. The minimum Gasteiger partial charge on any atom is -0.481 e. The molecule has 5 amide bonds. The molecule has 0 radical (unpaired) electrons. The van der Waals surface area contributed by atoms with Gasteiger partial charge in [-0.15, -0.1) is 0 Å². The van der Waals surface area contributed by atoms with Gasteiger partial charge in [-0.3, -0.25) is 14.4 Å². The lowest BCUT2D eigenvalue weighted by atomic mass is 9.94. The van der Waals surface area contributed by atoms with Gasteiger partial charge in [-0.1, -0.05) is 18.2 Å². The topological polar surface area (TPSA) is 145 Å². The molecule has 0 saturated carbocycles. The number of anilines is 1. The van der Waals surface area contributed by atoms with E-state index < -0.39 is 66.6 Å². The number of urea groups is 1. The Hall–Kier alpha value is -4.69. The van der Waals surface area contributed by atoms with E-state index in [1.807, 2.05) is 0 Å². The highest BCUT2D eigenvalue weighted by molar-refractivity contribution is 6.06. The first kappa shape index (κ1) is 32.2. The molecule has 3 N–H and O–H groups in total. The predicted octanol–water partition coefficient (Wildman–Crippen LogP) is 4.30. The summed E-state index contributed by atoms with van der Waals surface area (Å²) >= 11 is 0. The smallest absolute Gasteiger partial charge is 0.418 e. The van der Waals surface area contributed by atoms with Gasteiger partial charge in [-0.05, 0) is 61.6 Å². The second-order valence-corrected chi connectivity index (χ2v) is 10.6. The number of carbonyl (C=O) groups is 5. The zero-order valence-corrected chi connectivity index (χ0v) is 23.6. The van der Waals surface area contributed by atoms with Crippen molar-refractivity contribution in [3.8, 4) is 0 Å². The number of ether oxygens (including phenoxy) is 1. The van der Waals surface area contributed by atoms with Crippen molar-refractivity contribution >= 4 is 35.6 Å². The third-order valence-corrected chi connectivity index (χ3v) is 7.54. The molecule has 1 heterocycles. The quantitative estimate of drug-likeness (QED) is 0.250. The average Bonchev–Trinajstić information content (AvgIpc) is 3.43. The van der Waals surface area contributed by atoms with Crippen molar-refractivity contribution < 1.29 is 51.4 Å². The number of rotatable bonds is 11. The highest BCUT2D eigenvalue weighted by atomic mass is 19.4. The molecule has 1 saturated heterocycles. The number of aliphatic carboxylic acids is 1. The Balaban J connectivity index is 1.44. The molecule has 4 rings (SSSR count).